The SMILES string of the molecule is Fc1cccc(SCc2cscn2)c1. The predicted molar refractivity (Wildman–Crippen MR) is 58.1 cm³/mol. The van der Waals surface area contributed by atoms with Gasteiger partial charge in [-0.3, -0.25) is 0 Å². The van der Waals surface area contributed by atoms with Crippen LogP contribution in [0.3, 0.4) is 0 Å². The highest BCUT2D eigenvalue weighted by molar-refractivity contribution is 7.98. The average Bonchev–Trinajstić information content (AvgIpc) is 2.67. The van der Waals surface area contributed by atoms with Gasteiger partial charge in [0, 0.05) is 16.0 Å². The van der Waals surface area contributed by atoms with Gasteiger partial charge in [-0.05, 0) is 18.2 Å². The Morgan fingerprint density at radius 3 is 3.07 bits per heavy atom. The van der Waals surface area contributed by atoms with Gasteiger partial charge in [-0.1, -0.05) is 6.07 Å². The van der Waals surface area contributed by atoms with Crippen molar-refractivity contribution in [2.24, 2.45) is 0 Å². The number of hydrogen-bond donors (Lipinski definition) is 0. The Morgan fingerprint density at radius 1 is 1.43 bits per heavy atom. The van der Waals surface area contributed by atoms with Crippen LogP contribution in [0.2, 0.25) is 0 Å². The van der Waals surface area contributed by atoms with Crippen molar-refractivity contribution < 1.29 is 4.39 Å². The number of thioether (sulfide) groups is 1. The molecule has 0 spiro atoms. The summed E-state index contributed by atoms with van der Waals surface area (Å²) in [5.41, 5.74) is 2.85. The number of nitrogens with zero attached hydrogens (tertiary/aromatic N) is 1. The van der Waals surface area contributed by atoms with Gasteiger partial charge in [-0.15, -0.1) is 23.1 Å². The van der Waals surface area contributed by atoms with Crippen molar-refractivity contribution in [1.29, 1.82) is 0 Å². The third-order valence-corrected chi connectivity index (χ3v) is 3.33. The molecule has 14 heavy (non-hydrogen) atoms. The highest BCUT2D eigenvalue weighted by Crippen LogP contribution is 2.22. The van der Waals surface area contributed by atoms with Gasteiger partial charge in [0.2, 0.25) is 0 Å². The molecule has 0 amide bonds. The van der Waals surface area contributed by atoms with Gasteiger partial charge in [-0.25, -0.2) is 9.37 Å². The van der Waals surface area contributed by atoms with Gasteiger partial charge in [-0.2, -0.15) is 0 Å². The van der Waals surface area contributed by atoms with Crippen molar-refractivity contribution in [2.45, 2.75) is 10.6 Å². The zero-order chi connectivity index (χ0) is 9.80. The van der Waals surface area contributed by atoms with E-state index in [0.29, 0.717) is 0 Å². The molecule has 1 aromatic carbocycles. The van der Waals surface area contributed by atoms with E-state index in [0.717, 1.165) is 16.3 Å². The number of thiazole rings is 1. The van der Waals surface area contributed by atoms with Crippen LogP contribution < -0.4 is 0 Å². The molecule has 0 aliphatic heterocycles. The molecule has 0 saturated heterocycles. The summed E-state index contributed by atoms with van der Waals surface area (Å²) in [5, 5.41) is 2.01. The molecule has 72 valence electrons. The van der Waals surface area contributed by atoms with Crippen LogP contribution >= 0.6 is 23.1 Å². The first kappa shape index (κ1) is 9.68. The third kappa shape index (κ3) is 2.56. The molecule has 1 nitrogen and oxygen atoms in total. The highest BCUT2D eigenvalue weighted by atomic mass is 32.2. The summed E-state index contributed by atoms with van der Waals surface area (Å²) < 4.78 is 12.8. The summed E-state index contributed by atoms with van der Waals surface area (Å²) in [4.78, 5) is 5.10. The molecule has 0 aliphatic rings. The summed E-state index contributed by atoms with van der Waals surface area (Å²) in [6.07, 6.45) is 0. The van der Waals surface area contributed by atoms with E-state index in [-0.39, 0.29) is 5.82 Å². The second-order valence-corrected chi connectivity index (χ2v) is 4.49. The minimum absolute atomic E-state index is 0.187. The molecule has 4 heteroatoms. The molecule has 0 unspecified atom stereocenters. The van der Waals surface area contributed by atoms with Crippen LogP contribution in [-0.2, 0) is 5.75 Å². The number of halogens is 1. The Hall–Kier alpha value is -0.870. The van der Waals surface area contributed by atoms with E-state index in [9.17, 15) is 4.39 Å². The van der Waals surface area contributed by atoms with Crippen LogP contribution in [0.4, 0.5) is 4.39 Å². The second kappa shape index (κ2) is 4.57. The Bertz CT molecular complexity index is 400. The van der Waals surface area contributed by atoms with Gasteiger partial charge < -0.3 is 0 Å². The van der Waals surface area contributed by atoms with E-state index in [1.165, 1.54) is 12.1 Å². The number of benzene rings is 1. The lowest BCUT2D eigenvalue weighted by Crippen LogP contribution is -1.80. The largest absolute Gasteiger partial charge is 0.249 e. The molecule has 0 saturated carbocycles. The Balaban J connectivity index is 1.98. The standard InChI is InChI=1S/C10H8FNS2/c11-8-2-1-3-10(4-8)14-6-9-5-13-7-12-9/h1-5,7H,6H2. The topological polar surface area (TPSA) is 12.9 Å². The van der Waals surface area contributed by atoms with E-state index in [2.05, 4.69) is 4.98 Å². The fourth-order valence-electron chi connectivity index (χ4n) is 1.02. The van der Waals surface area contributed by atoms with Gasteiger partial charge in [0.15, 0.2) is 0 Å². The molecular formula is C10H8FNS2. The number of hydrogen-bond acceptors (Lipinski definition) is 3. The Labute approximate surface area is 90.0 Å². The normalized spacial score (nSPS) is 10.4. The molecular weight excluding hydrogens is 217 g/mol. The fourth-order valence-corrected chi connectivity index (χ4v) is 2.53. The lowest BCUT2D eigenvalue weighted by molar-refractivity contribution is 0.624. The number of aromatic nitrogens is 1. The second-order valence-electron chi connectivity index (χ2n) is 2.73. The maximum Gasteiger partial charge on any atom is 0.124 e. The molecule has 0 bridgehead atoms. The van der Waals surface area contributed by atoms with Crippen molar-refractivity contribution in [3.05, 3.63) is 46.7 Å². The zero-order valence-corrected chi connectivity index (χ0v) is 8.95. The van der Waals surface area contributed by atoms with Crippen LogP contribution in [-0.4, -0.2) is 4.98 Å². The van der Waals surface area contributed by atoms with Crippen molar-refractivity contribution in [3.8, 4) is 0 Å². The monoisotopic (exact) mass is 225 g/mol. The minimum atomic E-state index is -0.187. The van der Waals surface area contributed by atoms with Crippen LogP contribution in [0.25, 0.3) is 0 Å². The van der Waals surface area contributed by atoms with Crippen LogP contribution in [0.5, 0.6) is 0 Å². The molecule has 0 atom stereocenters. The summed E-state index contributed by atoms with van der Waals surface area (Å²) in [5.74, 6) is 0.612. The van der Waals surface area contributed by atoms with Crippen LogP contribution in [0.15, 0.2) is 40.1 Å². The van der Waals surface area contributed by atoms with Crippen LogP contribution in [0.1, 0.15) is 5.69 Å². The Morgan fingerprint density at radius 2 is 2.36 bits per heavy atom. The summed E-state index contributed by atoms with van der Waals surface area (Å²) in [6.45, 7) is 0. The minimum Gasteiger partial charge on any atom is -0.249 e. The van der Waals surface area contributed by atoms with Gasteiger partial charge in [0.05, 0.1) is 11.2 Å². The lowest BCUT2D eigenvalue weighted by Gasteiger charge is -1.98. The van der Waals surface area contributed by atoms with E-state index in [4.69, 9.17) is 0 Å². The first-order valence-electron chi connectivity index (χ1n) is 4.10. The zero-order valence-electron chi connectivity index (χ0n) is 7.31. The molecule has 2 aromatic rings. The van der Waals surface area contributed by atoms with Gasteiger partial charge in [0.25, 0.3) is 0 Å². The molecule has 1 aromatic heterocycles. The number of rotatable bonds is 3. The molecule has 1 heterocycles. The molecule has 0 N–H and O–H groups in total. The third-order valence-electron chi connectivity index (χ3n) is 1.67. The lowest BCUT2D eigenvalue weighted by atomic mass is 10.4. The van der Waals surface area contributed by atoms with Crippen molar-refractivity contribution in [1.82, 2.24) is 4.98 Å². The van der Waals surface area contributed by atoms with Gasteiger partial charge >= 0.3 is 0 Å². The summed E-state index contributed by atoms with van der Waals surface area (Å²) in [6, 6.07) is 6.61. The fraction of sp³-hybridized carbons (Fsp3) is 0.100. The smallest absolute Gasteiger partial charge is 0.124 e. The maximum atomic E-state index is 12.8. The first-order valence-corrected chi connectivity index (χ1v) is 6.03. The average molecular weight is 225 g/mol. The molecule has 2 rings (SSSR count). The highest BCUT2D eigenvalue weighted by Gasteiger charge is 1.98. The van der Waals surface area contributed by atoms with Crippen molar-refractivity contribution >= 4 is 23.1 Å². The molecule has 0 fully saturated rings. The van der Waals surface area contributed by atoms with Crippen molar-refractivity contribution in [2.75, 3.05) is 0 Å². The Kier molecular flexibility index (Phi) is 3.16. The van der Waals surface area contributed by atoms with Gasteiger partial charge in [0.1, 0.15) is 5.82 Å². The molecule has 0 radical (unpaired) electrons. The van der Waals surface area contributed by atoms with Crippen molar-refractivity contribution in [3.63, 3.8) is 0 Å². The first-order chi connectivity index (χ1) is 6.84. The summed E-state index contributed by atoms with van der Waals surface area (Å²) in [7, 11) is 0. The van der Waals surface area contributed by atoms with E-state index < -0.39 is 0 Å². The predicted octanol–water partition coefficient (Wildman–Crippen LogP) is 3.57. The maximum absolute atomic E-state index is 12.8. The van der Waals surface area contributed by atoms with E-state index in [1.807, 2.05) is 17.0 Å². The quantitative estimate of drug-likeness (QED) is 0.741. The molecule has 0 aliphatic carbocycles. The van der Waals surface area contributed by atoms with E-state index >= 15 is 0 Å². The van der Waals surface area contributed by atoms with E-state index in [1.54, 1.807) is 29.2 Å². The van der Waals surface area contributed by atoms with Crippen LogP contribution in [0, 0.1) is 5.82 Å². The summed E-state index contributed by atoms with van der Waals surface area (Å²) >= 11 is 3.18.